The van der Waals surface area contributed by atoms with Crippen LogP contribution in [0.15, 0.2) is 42.5 Å². The molecule has 1 fully saturated rings. The number of nitrogens with zero attached hydrogens (tertiary/aromatic N) is 2. The monoisotopic (exact) mass is 475 g/mol. The fourth-order valence-corrected chi connectivity index (χ4v) is 5.24. The van der Waals surface area contributed by atoms with E-state index in [4.69, 9.17) is 9.72 Å². The van der Waals surface area contributed by atoms with Crippen LogP contribution >= 0.6 is 0 Å². The number of rotatable bonds is 6. The van der Waals surface area contributed by atoms with Crippen molar-refractivity contribution in [1.29, 1.82) is 0 Å². The number of anilines is 2. The minimum absolute atomic E-state index is 0.0766. The molecule has 0 aliphatic heterocycles. The highest BCUT2D eigenvalue weighted by molar-refractivity contribution is 5.81. The number of aromatic nitrogens is 2. The maximum atomic E-state index is 12.9. The third kappa shape index (κ3) is 5.77. The van der Waals surface area contributed by atoms with Crippen molar-refractivity contribution in [2.45, 2.75) is 72.4 Å². The summed E-state index contributed by atoms with van der Waals surface area (Å²) in [6, 6.07) is 12.0. The molecule has 1 aliphatic rings. The Balaban J connectivity index is 1.75. The van der Waals surface area contributed by atoms with Gasteiger partial charge >= 0.3 is 6.36 Å². The molecule has 0 radical (unpaired) electrons. The summed E-state index contributed by atoms with van der Waals surface area (Å²) in [5.41, 5.74) is 2.18. The second-order valence-corrected chi connectivity index (χ2v) is 10.4. The van der Waals surface area contributed by atoms with Crippen LogP contribution in [0.4, 0.5) is 24.8 Å². The van der Waals surface area contributed by atoms with Crippen LogP contribution in [0.25, 0.3) is 11.0 Å². The highest BCUT2D eigenvalue weighted by Crippen LogP contribution is 2.46. The fraction of sp³-hybridized carbons (Fsp3) is 0.500. The van der Waals surface area contributed by atoms with E-state index in [2.05, 4.69) is 35.4 Å². The summed E-state index contributed by atoms with van der Waals surface area (Å²) in [5, 5.41) is 3.38. The van der Waals surface area contributed by atoms with Crippen LogP contribution in [0.2, 0.25) is 0 Å². The summed E-state index contributed by atoms with van der Waals surface area (Å²) in [4.78, 5) is 4.75. The van der Waals surface area contributed by atoms with Gasteiger partial charge in [0.1, 0.15) is 11.5 Å². The summed E-state index contributed by atoms with van der Waals surface area (Å²) >= 11 is 0. The Kier molecular flexibility index (Phi) is 6.44. The van der Waals surface area contributed by atoms with Gasteiger partial charge in [0, 0.05) is 17.8 Å². The Morgan fingerprint density at radius 2 is 1.74 bits per heavy atom. The first-order valence-corrected chi connectivity index (χ1v) is 11.7. The number of imidazole rings is 1. The summed E-state index contributed by atoms with van der Waals surface area (Å²) in [7, 11) is 0. The molecule has 0 spiro atoms. The molecule has 2 unspecified atom stereocenters. The van der Waals surface area contributed by atoms with Crippen molar-refractivity contribution in [1.82, 2.24) is 9.55 Å². The Bertz CT molecular complexity index is 1140. The van der Waals surface area contributed by atoms with Gasteiger partial charge in [0.25, 0.3) is 0 Å². The number of hydrogen-bond acceptors (Lipinski definition) is 4. The molecule has 3 aromatic rings. The number of hydrogen-bond donors (Lipinski definition) is 1. The predicted molar refractivity (Wildman–Crippen MR) is 128 cm³/mol. The molecule has 0 bridgehead atoms. The van der Waals surface area contributed by atoms with E-state index >= 15 is 0 Å². The predicted octanol–water partition coefficient (Wildman–Crippen LogP) is 7.85. The van der Waals surface area contributed by atoms with E-state index in [0.717, 1.165) is 30.7 Å². The van der Waals surface area contributed by atoms with Crippen molar-refractivity contribution in [3.05, 3.63) is 42.5 Å². The number of halogens is 3. The van der Waals surface area contributed by atoms with E-state index in [0.29, 0.717) is 22.9 Å². The third-order valence-corrected chi connectivity index (χ3v) is 6.11. The maximum absolute atomic E-state index is 12.9. The van der Waals surface area contributed by atoms with Crippen LogP contribution in [-0.4, -0.2) is 22.0 Å². The van der Waals surface area contributed by atoms with Gasteiger partial charge in [-0.15, -0.1) is 13.2 Å². The van der Waals surface area contributed by atoms with Crippen LogP contribution < -0.4 is 14.8 Å². The number of alkyl halides is 3. The minimum Gasteiger partial charge on any atom is -0.491 e. The largest absolute Gasteiger partial charge is 0.573 e. The SMILES string of the molecule is CC1CC(n2c(Nc3ccc(OC(C)C)cc3)nc3ccc(OC(F)(F)F)cc32)CC(C)(C)C1. The molecule has 2 atom stereocenters. The van der Waals surface area contributed by atoms with Gasteiger partial charge in [-0.05, 0) is 80.8 Å². The van der Waals surface area contributed by atoms with Crippen LogP contribution in [0.3, 0.4) is 0 Å². The van der Waals surface area contributed by atoms with Gasteiger partial charge in [0.2, 0.25) is 5.95 Å². The Morgan fingerprint density at radius 1 is 1.06 bits per heavy atom. The molecule has 0 amide bonds. The summed E-state index contributed by atoms with van der Waals surface area (Å²) in [5.74, 6) is 1.62. The van der Waals surface area contributed by atoms with Crippen LogP contribution in [0.5, 0.6) is 11.5 Å². The fourth-order valence-electron chi connectivity index (χ4n) is 5.24. The topological polar surface area (TPSA) is 48.3 Å². The number of benzene rings is 2. The van der Waals surface area contributed by atoms with Crippen molar-refractivity contribution in [3.63, 3.8) is 0 Å². The van der Waals surface area contributed by atoms with Gasteiger partial charge < -0.3 is 19.4 Å². The Hall–Kier alpha value is -2.90. The molecule has 184 valence electrons. The molecule has 2 aromatic carbocycles. The maximum Gasteiger partial charge on any atom is 0.573 e. The van der Waals surface area contributed by atoms with Gasteiger partial charge in [-0.1, -0.05) is 20.8 Å². The van der Waals surface area contributed by atoms with Gasteiger partial charge in [0.05, 0.1) is 17.1 Å². The van der Waals surface area contributed by atoms with E-state index in [1.54, 1.807) is 6.07 Å². The van der Waals surface area contributed by atoms with E-state index in [1.165, 1.54) is 12.1 Å². The lowest BCUT2D eigenvalue weighted by atomic mass is 9.70. The van der Waals surface area contributed by atoms with Crippen molar-refractivity contribution >= 4 is 22.7 Å². The molecule has 1 heterocycles. The van der Waals surface area contributed by atoms with Crippen molar-refractivity contribution in [2.24, 2.45) is 11.3 Å². The lowest BCUT2D eigenvalue weighted by molar-refractivity contribution is -0.274. The quantitative estimate of drug-likeness (QED) is 0.394. The molecule has 34 heavy (non-hydrogen) atoms. The Labute approximate surface area is 198 Å². The second-order valence-electron chi connectivity index (χ2n) is 10.4. The van der Waals surface area contributed by atoms with Crippen LogP contribution in [0.1, 0.15) is 59.9 Å². The van der Waals surface area contributed by atoms with Gasteiger partial charge in [0.15, 0.2) is 0 Å². The molecular weight excluding hydrogens is 443 g/mol. The molecular formula is C26H32F3N3O2. The average molecular weight is 476 g/mol. The van der Waals surface area contributed by atoms with Crippen molar-refractivity contribution in [3.8, 4) is 11.5 Å². The summed E-state index contributed by atoms with van der Waals surface area (Å²) in [6.07, 6.45) is -1.73. The van der Waals surface area contributed by atoms with Crippen molar-refractivity contribution in [2.75, 3.05) is 5.32 Å². The normalized spacial score (nSPS) is 20.5. The average Bonchev–Trinajstić information content (AvgIpc) is 3.03. The molecule has 1 saturated carbocycles. The molecule has 4 rings (SSSR count). The van der Waals surface area contributed by atoms with Crippen LogP contribution in [0, 0.1) is 11.3 Å². The van der Waals surface area contributed by atoms with Crippen LogP contribution in [-0.2, 0) is 0 Å². The zero-order valence-corrected chi connectivity index (χ0v) is 20.2. The van der Waals surface area contributed by atoms with Gasteiger partial charge in [-0.3, -0.25) is 0 Å². The molecule has 1 aromatic heterocycles. The Morgan fingerprint density at radius 3 is 2.35 bits per heavy atom. The molecule has 0 saturated heterocycles. The number of nitrogens with one attached hydrogen (secondary N) is 1. The minimum atomic E-state index is -4.75. The lowest BCUT2D eigenvalue weighted by Gasteiger charge is -2.40. The first kappa shape index (κ1) is 24.2. The van der Waals surface area contributed by atoms with E-state index in [-0.39, 0.29) is 23.3 Å². The number of ether oxygens (including phenoxy) is 2. The smallest absolute Gasteiger partial charge is 0.491 e. The summed E-state index contributed by atoms with van der Waals surface area (Å²) in [6.45, 7) is 10.7. The van der Waals surface area contributed by atoms with E-state index in [1.807, 2.05) is 38.1 Å². The van der Waals surface area contributed by atoms with E-state index < -0.39 is 6.36 Å². The third-order valence-electron chi connectivity index (χ3n) is 6.11. The first-order chi connectivity index (χ1) is 15.9. The zero-order chi connectivity index (χ0) is 24.7. The molecule has 8 heteroatoms. The molecule has 1 N–H and O–H groups in total. The standard InChI is InChI=1S/C26H32F3N3O2/c1-16(2)33-20-8-6-18(7-9-20)30-24-31-22-11-10-21(34-26(27,28)29)13-23(22)32(24)19-12-17(3)14-25(4,5)15-19/h6-11,13,16-17,19H,12,14-15H2,1-5H3,(H,30,31). The summed E-state index contributed by atoms with van der Waals surface area (Å²) < 4.78 is 50.6. The highest BCUT2D eigenvalue weighted by atomic mass is 19.4. The zero-order valence-electron chi connectivity index (χ0n) is 20.2. The first-order valence-electron chi connectivity index (χ1n) is 11.7. The number of fused-ring (bicyclic) bond motifs is 1. The van der Waals surface area contributed by atoms with E-state index in [9.17, 15) is 13.2 Å². The van der Waals surface area contributed by atoms with Gasteiger partial charge in [-0.25, -0.2) is 4.98 Å². The van der Waals surface area contributed by atoms with Crippen molar-refractivity contribution < 1.29 is 22.6 Å². The van der Waals surface area contributed by atoms with Gasteiger partial charge in [-0.2, -0.15) is 0 Å². The molecule has 5 nitrogen and oxygen atoms in total. The second kappa shape index (κ2) is 9.04. The lowest BCUT2D eigenvalue weighted by Crippen LogP contribution is -2.29. The molecule has 1 aliphatic carbocycles. The highest BCUT2D eigenvalue weighted by Gasteiger charge is 2.35.